The average molecular weight is 355 g/mol. The Bertz CT molecular complexity index is 790. The molecule has 7 heteroatoms. The number of nitrogens with zero attached hydrogens (tertiary/aromatic N) is 2. The number of oxazole rings is 1. The average Bonchev–Trinajstić information content (AvgIpc) is 3.18. The molecular weight excluding hydrogens is 334 g/mol. The second kappa shape index (κ2) is 9.10. The molecule has 0 aliphatic carbocycles. The molecule has 0 radical (unpaired) electrons. The van der Waals surface area contributed by atoms with E-state index >= 15 is 0 Å². The number of nitrogens with one attached hydrogen (secondary N) is 1. The number of benzene rings is 1. The van der Waals surface area contributed by atoms with E-state index in [1.54, 1.807) is 18.5 Å². The van der Waals surface area contributed by atoms with Crippen LogP contribution in [0.3, 0.4) is 0 Å². The van der Waals surface area contributed by atoms with E-state index in [1.165, 1.54) is 6.26 Å². The molecule has 0 aliphatic heterocycles. The van der Waals surface area contributed by atoms with Gasteiger partial charge in [-0.25, -0.2) is 4.98 Å². The van der Waals surface area contributed by atoms with Crippen LogP contribution in [0.2, 0.25) is 0 Å². The molecule has 0 amide bonds. The Kier molecular flexibility index (Phi) is 6.32. The van der Waals surface area contributed by atoms with Gasteiger partial charge in [0, 0.05) is 36.6 Å². The largest absolute Gasteiger partial charge is 0.492 e. The number of rotatable bonds is 9. The van der Waals surface area contributed by atoms with Crippen LogP contribution < -0.4 is 10.1 Å². The first kappa shape index (κ1) is 18.1. The summed E-state index contributed by atoms with van der Waals surface area (Å²) in [4.78, 5) is 8.15. The lowest BCUT2D eigenvalue weighted by molar-refractivity contribution is 0.171. The van der Waals surface area contributed by atoms with Gasteiger partial charge in [-0.15, -0.1) is 0 Å². The summed E-state index contributed by atoms with van der Waals surface area (Å²) in [7, 11) is 0. The molecule has 26 heavy (non-hydrogen) atoms. The molecule has 3 aromatic rings. The second-order valence-electron chi connectivity index (χ2n) is 5.66. The van der Waals surface area contributed by atoms with Crippen LogP contribution in [0.4, 0.5) is 0 Å². The van der Waals surface area contributed by atoms with E-state index in [2.05, 4.69) is 15.3 Å². The van der Waals surface area contributed by atoms with E-state index in [0.29, 0.717) is 31.3 Å². The van der Waals surface area contributed by atoms with Crippen molar-refractivity contribution in [2.24, 2.45) is 0 Å². The van der Waals surface area contributed by atoms with Gasteiger partial charge in [0.2, 0.25) is 5.89 Å². The highest BCUT2D eigenvalue weighted by Crippen LogP contribution is 2.21. The maximum Gasteiger partial charge on any atom is 0.220 e. The van der Waals surface area contributed by atoms with Crippen LogP contribution in [0.15, 0.2) is 59.5 Å². The molecule has 0 fully saturated rings. The van der Waals surface area contributed by atoms with Gasteiger partial charge < -0.3 is 24.7 Å². The molecular formula is C19H21N3O4. The zero-order chi connectivity index (χ0) is 18.2. The van der Waals surface area contributed by atoms with Crippen LogP contribution in [0.5, 0.6) is 5.75 Å². The van der Waals surface area contributed by atoms with Gasteiger partial charge in [0.05, 0.1) is 6.10 Å². The summed E-state index contributed by atoms with van der Waals surface area (Å²) in [5.41, 5.74) is 2.35. The SMILES string of the molecule is OCc1nc(-c2ccc(OCCNC[C@H](O)c3cccnc3)cc2)co1. The zero-order valence-corrected chi connectivity index (χ0v) is 14.2. The summed E-state index contributed by atoms with van der Waals surface area (Å²) in [6.45, 7) is 1.32. The predicted molar refractivity (Wildman–Crippen MR) is 95.4 cm³/mol. The summed E-state index contributed by atoms with van der Waals surface area (Å²) in [6.07, 6.45) is 4.26. The van der Waals surface area contributed by atoms with E-state index in [4.69, 9.17) is 14.3 Å². The minimum Gasteiger partial charge on any atom is -0.492 e. The molecule has 3 rings (SSSR count). The predicted octanol–water partition coefficient (Wildman–Crippen LogP) is 1.93. The molecule has 0 aliphatic rings. The highest BCUT2D eigenvalue weighted by molar-refractivity contribution is 5.58. The molecule has 0 saturated heterocycles. The van der Waals surface area contributed by atoms with Crippen LogP contribution in [-0.2, 0) is 6.61 Å². The maximum atomic E-state index is 10.0. The quantitative estimate of drug-likeness (QED) is 0.504. The zero-order valence-electron chi connectivity index (χ0n) is 14.2. The molecule has 7 nitrogen and oxygen atoms in total. The molecule has 3 N–H and O–H groups in total. The third-order valence-corrected chi connectivity index (χ3v) is 3.79. The Morgan fingerprint density at radius 1 is 1.19 bits per heavy atom. The van der Waals surface area contributed by atoms with Crippen molar-refractivity contribution >= 4 is 0 Å². The fraction of sp³-hybridized carbons (Fsp3) is 0.263. The molecule has 1 aromatic carbocycles. The number of hydrogen-bond acceptors (Lipinski definition) is 7. The topological polar surface area (TPSA) is 101 Å². The fourth-order valence-electron chi connectivity index (χ4n) is 2.41. The van der Waals surface area contributed by atoms with Crippen LogP contribution >= 0.6 is 0 Å². The van der Waals surface area contributed by atoms with E-state index in [0.717, 1.165) is 16.9 Å². The smallest absolute Gasteiger partial charge is 0.220 e. The van der Waals surface area contributed by atoms with Crippen LogP contribution in [0, 0.1) is 0 Å². The fourth-order valence-corrected chi connectivity index (χ4v) is 2.41. The van der Waals surface area contributed by atoms with Gasteiger partial charge in [-0.3, -0.25) is 4.98 Å². The van der Waals surface area contributed by atoms with E-state index < -0.39 is 6.10 Å². The first-order chi connectivity index (χ1) is 12.8. The van der Waals surface area contributed by atoms with Crippen molar-refractivity contribution in [3.63, 3.8) is 0 Å². The van der Waals surface area contributed by atoms with Crippen LogP contribution in [0.25, 0.3) is 11.3 Å². The Morgan fingerprint density at radius 2 is 2.04 bits per heavy atom. The number of hydrogen-bond donors (Lipinski definition) is 3. The van der Waals surface area contributed by atoms with Gasteiger partial charge in [0.25, 0.3) is 0 Å². The van der Waals surface area contributed by atoms with Gasteiger partial charge in [-0.05, 0) is 30.3 Å². The Balaban J connectivity index is 1.40. The first-order valence-electron chi connectivity index (χ1n) is 8.33. The van der Waals surface area contributed by atoms with Crippen molar-refractivity contribution in [1.29, 1.82) is 0 Å². The standard InChI is InChI=1S/C19H21N3O4/c23-12-19-22-17(13-26-19)14-3-5-16(6-4-14)25-9-8-21-11-18(24)15-2-1-7-20-10-15/h1-7,10,13,18,21,23-24H,8-9,11-12H2/t18-/m0/s1. The lowest BCUT2D eigenvalue weighted by Crippen LogP contribution is -2.26. The highest BCUT2D eigenvalue weighted by Gasteiger charge is 2.07. The van der Waals surface area contributed by atoms with Crippen molar-refractivity contribution in [2.75, 3.05) is 19.7 Å². The Hall–Kier alpha value is -2.74. The van der Waals surface area contributed by atoms with Crippen LogP contribution in [0.1, 0.15) is 17.6 Å². The van der Waals surface area contributed by atoms with Crippen LogP contribution in [-0.4, -0.2) is 39.9 Å². The summed E-state index contributed by atoms with van der Waals surface area (Å²) in [5.74, 6) is 1.04. The molecule has 0 bridgehead atoms. The number of aliphatic hydroxyl groups is 2. The molecule has 0 unspecified atom stereocenters. The molecule has 2 aromatic heterocycles. The second-order valence-corrected chi connectivity index (χ2v) is 5.66. The lowest BCUT2D eigenvalue weighted by atomic mass is 10.1. The maximum absolute atomic E-state index is 10.0. The number of pyridine rings is 1. The normalized spacial score (nSPS) is 12.1. The van der Waals surface area contributed by atoms with Gasteiger partial charge in [0.1, 0.15) is 30.9 Å². The van der Waals surface area contributed by atoms with Crippen molar-refractivity contribution in [3.8, 4) is 17.0 Å². The summed E-state index contributed by atoms with van der Waals surface area (Å²) >= 11 is 0. The minimum absolute atomic E-state index is 0.219. The Morgan fingerprint density at radius 3 is 2.73 bits per heavy atom. The van der Waals surface area contributed by atoms with E-state index in [1.807, 2.05) is 30.3 Å². The first-order valence-corrected chi connectivity index (χ1v) is 8.33. The lowest BCUT2D eigenvalue weighted by Gasteiger charge is -2.12. The summed E-state index contributed by atoms with van der Waals surface area (Å²) in [6, 6.07) is 11.1. The Labute approximate surface area is 151 Å². The highest BCUT2D eigenvalue weighted by atomic mass is 16.5. The monoisotopic (exact) mass is 355 g/mol. The van der Waals surface area contributed by atoms with Crippen molar-refractivity contribution < 1.29 is 19.4 Å². The van der Waals surface area contributed by atoms with Crippen molar-refractivity contribution in [1.82, 2.24) is 15.3 Å². The van der Waals surface area contributed by atoms with Gasteiger partial charge in [-0.2, -0.15) is 0 Å². The molecule has 136 valence electrons. The van der Waals surface area contributed by atoms with Gasteiger partial charge in [0.15, 0.2) is 0 Å². The third kappa shape index (κ3) is 4.89. The van der Waals surface area contributed by atoms with Gasteiger partial charge in [-0.1, -0.05) is 6.07 Å². The molecule has 0 spiro atoms. The number of aliphatic hydroxyl groups excluding tert-OH is 2. The number of ether oxygens (including phenoxy) is 1. The molecule has 2 heterocycles. The van der Waals surface area contributed by atoms with Gasteiger partial charge >= 0.3 is 0 Å². The summed E-state index contributed by atoms with van der Waals surface area (Å²) in [5, 5.41) is 22.2. The minimum atomic E-state index is -0.589. The molecule has 0 saturated carbocycles. The third-order valence-electron chi connectivity index (χ3n) is 3.79. The molecule has 1 atom stereocenters. The van der Waals surface area contributed by atoms with Crippen molar-refractivity contribution in [3.05, 3.63) is 66.5 Å². The number of aromatic nitrogens is 2. The van der Waals surface area contributed by atoms with E-state index in [9.17, 15) is 5.11 Å². The van der Waals surface area contributed by atoms with Crippen molar-refractivity contribution in [2.45, 2.75) is 12.7 Å². The van der Waals surface area contributed by atoms with E-state index in [-0.39, 0.29) is 6.61 Å². The summed E-state index contributed by atoms with van der Waals surface area (Å²) < 4.78 is 10.8.